The fourth-order valence-electron chi connectivity index (χ4n) is 2.85. The molecular weight excluding hydrogens is 318 g/mol. The zero-order valence-electron chi connectivity index (χ0n) is 14.1. The van der Waals surface area contributed by atoms with Crippen molar-refractivity contribution in [2.45, 2.75) is 19.4 Å². The van der Waals surface area contributed by atoms with Crippen molar-refractivity contribution in [2.75, 3.05) is 7.11 Å². The number of amides is 1. The van der Waals surface area contributed by atoms with Gasteiger partial charge >= 0.3 is 0 Å². The third kappa shape index (κ3) is 3.52. The molecule has 3 rings (SSSR count). The number of nitrogens with zero attached hydrogens (tertiary/aromatic N) is 1. The summed E-state index contributed by atoms with van der Waals surface area (Å²) in [7, 11) is 1.60. The van der Waals surface area contributed by atoms with Gasteiger partial charge in [0.25, 0.3) is 5.56 Å². The summed E-state index contributed by atoms with van der Waals surface area (Å²) in [6, 6.07) is 14.5. The predicted octanol–water partition coefficient (Wildman–Crippen LogP) is 2.35. The number of benzene rings is 2. The number of ether oxygens (including phenoxy) is 1. The monoisotopic (exact) mass is 337 g/mol. The molecule has 0 fully saturated rings. The van der Waals surface area contributed by atoms with E-state index in [1.807, 2.05) is 37.3 Å². The largest absolute Gasteiger partial charge is 0.496 e. The maximum Gasteiger partial charge on any atom is 0.272 e. The zero-order valence-corrected chi connectivity index (χ0v) is 14.1. The maximum absolute atomic E-state index is 12.4. The van der Waals surface area contributed by atoms with Gasteiger partial charge in [-0.3, -0.25) is 9.59 Å². The van der Waals surface area contributed by atoms with Gasteiger partial charge in [-0.2, -0.15) is 5.10 Å². The number of carbonyl (C=O) groups excluding carboxylic acids is 1. The Morgan fingerprint density at radius 2 is 1.84 bits per heavy atom. The Labute approximate surface area is 144 Å². The SMILES string of the molecule is COc1ccccc1[C@H](C)NC(=O)Cc1n[nH]c(=O)c2ccccc12. The average Bonchev–Trinajstić information content (AvgIpc) is 2.64. The zero-order chi connectivity index (χ0) is 17.8. The Kier molecular flexibility index (Phi) is 4.79. The number of methoxy groups -OCH3 is 1. The minimum Gasteiger partial charge on any atom is -0.496 e. The quantitative estimate of drug-likeness (QED) is 0.748. The molecule has 0 aliphatic rings. The Bertz CT molecular complexity index is 965. The summed E-state index contributed by atoms with van der Waals surface area (Å²) in [6.07, 6.45) is 0.0801. The third-order valence-electron chi connectivity index (χ3n) is 4.09. The van der Waals surface area contributed by atoms with Crippen molar-refractivity contribution in [1.82, 2.24) is 15.5 Å². The van der Waals surface area contributed by atoms with E-state index in [2.05, 4.69) is 15.5 Å². The molecule has 0 spiro atoms. The van der Waals surface area contributed by atoms with Crippen molar-refractivity contribution in [3.05, 3.63) is 70.1 Å². The van der Waals surface area contributed by atoms with E-state index in [1.165, 1.54) is 0 Å². The van der Waals surface area contributed by atoms with Gasteiger partial charge in [0.1, 0.15) is 5.75 Å². The van der Waals surface area contributed by atoms with Gasteiger partial charge in [0.15, 0.2) is 0 Å². The van der Waals surface area contributed by atoms with Crippen LogP contribution in [0.1, 0.15) is 24.2 Å². The lowest BCUT2D eigenvalue weighted by Gasteiger charge is -2.17. The molecule has 25 heavy (non-hydrogen) atoms. The molecule has 0 aliphatic carbocycles. The standard InChI is InChI=1S/C19H19N3O3/c1-12(13-7-5-6-10-17(13)25-2)20-18(23)11-16-14-8-3-4-9-15(14)19(24)22-21-16/h3-10,12H,11H2,1-2H3,(H,20,23)(H,22,24)/t12-/m0/s1. The number of rotatable bonds is 5. The van der Waals surface area contributed by atoms with Crippen molar-refractivity contribution in [1.29, 1.82) is 0 Å². The normalized spacial score (nSPS) is 11.9. The topological polar surface area (TPSA) is 84.1 Å². The van der Waals surface area contributed by atoms with Crippen LogP contribution in [0.4, 0.5) is 0 Å². The third-order valence-corrected chi connectivity index (χ3v) is 4.09. The fourth-order valence-corrected chi connectivity index (χ4v) is 2.85. The van der Waals surface area contributed by atoms with Crippen LogP contribution in [-0.4, -0.2) is 23.2 Å². The molecule has 0 radical (unpaired) electrons. The molecular formula is C19H19N3O3. The van der Waals surface area contributed by atoms with E-state index in [4.69, 9.17) is 4.74 Å². The van der Waals surface area contributed by atoms with Crippen molar-refractivity contribution < 1.29 is 9.53 Å². The Morgan fingerprint density at radius 1 is 1.16 bits per heavy atom. The van der Waals surface area contributed by atoms with E-state index < -0.39 is 0 Å². The summed E-state index contributed by atoms with van der Waals surface area (Å²) in [5, 5.41) is 10.6. The van der Waals surface area contributed by atoms with Gasteiger partial charge in [-0.05, 0) is 19.1 Å². The number of hydrogen-bond acceptors (Lipinski definition) is 4. The highest BCUT2D eigenvalue weighted by molar-refractivity contribution is 5.88. The number of H-pyrrole nitrogens is 1. The molecule has 6 heteroatoms. The van der Waals surface area contributed by atoms with Gasteiger partial charge in [0, 0.05) is 10.9 Å². The molecule has 1 atom stereocenters. The molecule has 1 heterocycles. The summed E-state index contributed by atoms with van der Waals surface area (Å²) < 4.78 is 5.33. The Morgan fingerprint density at radius 3 is 2.60 bits per heavy atom. The summed E-state index contributed by atoms with van der Waals surface area (Å²) in [4.78, 5) is 24.3. The van der Waals surface area contributed by atoms with E-state index in [-0.39, 0.29) is 23.9 Å². The van der Waals surface area contributed by atoms with Crippen LogP contribution in [0.2, 0.25) is 0 Å². The second-order valence-electron chi connectivity index (χ2n) is 5.75. The summed E-state index contributed by atoms with van der Waals surface area (Å²) in [5.74, 6) is 0.547. The summed E-state index contributed by atoms with van der Waals surface area (Å²) in [5.41, 5.74) is 1.18. The number of carbonyl (C=O) groups is 1. The summed E-state index contributed by atoms with van der Waals surface area (Å²) in [6.45, 7) is 1.90. The molecule has 2 N–H and O–H groups in total. The fraction of sp³-hybridized carbons (Fsp3) is 0.211. The van der Waals surface area contributed by atoms with Crippen LogP contribution in [0, 0.1) is 0 Å². The van der Waals surface area contributed by atoms with Crippen LogP contribution in [0.3, 0.4) is 0 Å². The van der Waals surface area contributed by atoms with Crippen LogP contribution in [0.25, 0.3) is 10.8 Å². The first kappa shape index (κ1) is 16.7. The van der Waals surface area contributed by atoms with Crippen molar-refractivity contribution in [2.24, 2.45) is 0 Å². The van der Waals surface area contributed by atoms with E-state index in [9.17, 15) is 9.59 Å². The highest BCUT2D eigenvalue weighted by Crippen LogP contribution is 2.24. The van der Waals surface area contributed by atoms with Crippen LogP contribution in [0.15, 0.2) is 53.3 Å². The van der Waals surface area contributed by atoms with Crippen molar-refractivity contribution in [3.8, 4) is 5.75 Å². The first-order valence-electron chi connectivity index (χ1n) is 7.98. The molecule has 6 nitrogen and oxygen atoms in total. The van der Waals surface area contributed by atoms with Crippen LogP contribution in [-0.2, 0) is 11.2 Å². The second kappa shape index (κ2) is 7.17. The minimum absolute atomic E-state index is 0.0801. The average molecular weight is 337 g/mol. The number of hydrogen-bond donors (Lipinski definition) is 2. The first-order valence-corrected chi connectivity index (χ1v) is 7.98. The molecule has 0 saturated heterocycles. The number of fused-ring (bicyclic) bond motifs is 1. The highest BCUT2D eigenvalue weighted by atomic mass is 16.5. The van der Waals surface area contributed by atoms with Crippen molar-refractivity contribution in [3.63, 3.8) is 0 Å². The molecule has 0 unspecified atom stereocenters. The summed E-state index contributed by atoms with van der Waals surface area (Å²) >= 11 is 0. The molecule has 2 aromatic carbocycles. The number of para-hydroxylation sites is 1. The number of aromatic nitrogens is 2. The van der Waals surface area contributed by atoms with Gasteiger partial charge in [-0.25, -0.2) is 5.10 Å². The number of aromatic amines is 1. The van der Waals surface area contributed by atoms with E-state index >= 15 is 0 Å². The molecule has 3 aromatic rings. The van der Waals surface area contributed by atoms with Gasteiger partial charge in [0.2, 0.25) is 5.91 Å². The molecule has 0 bridgehead atoms. The predicted molar refractivity (Wildman–Crippen MR) is 95.6 cm³/mol. The van der Waals surface area contributed by atoms with Gasteiger partial charge in [0.05, 0.1) is 30.7 Å². The van der Waals surface area contributed by atoms with Gasteiger partial charge < -0.3 is 10.1 Å². The lowest BCUT2D eigenvalue weighted by atomic mass is 10.1. The first-order chi connectivity index (χ1) is 12.1. The molecule has 1 aromatic heterocycles. The smallest absolute Gasteiger partial charge is 0.272 e. The van der Waals surface area contributed by atoms with Crippen LogP contribution < -0.4 is 15.6 Å². The highest BCUT2D eigenvalue weighted by Gasteiger charge is 2.16. The molecule has 0 saturated carbocycles. The lowest BCUT2D eigenvalue weighted by Crippen LogP contribution is -2.29. The van der Waals surface area contributed by atoms with E-state index in [0.717, 1.165) is 11.3 Å². The number of nitrogens with one attached hydrogen (secondary N) is 2. The van der Waals surface area contributed by atoms with E-state index in [1.54, 1.807) is 25.3 Å². The molecule has 0 aliphatic heterocycles. The Balaban J connectivity index is 1.79. The van der Waals surface area contributed by atoms with Crippen molar-refractivity contribution >= 4 is 16.7 Å². The maximum atomic E-state index is 12.4. The Hall–Kier alpha value is -3.15. The van der Waals surface area contributed by atoms with Crippen LogP contribution in [0.5, 0.6) is 5.75 Å². The lowest BCUT2D eigenvalue weighted by molar-refractivity contribution is -0.121. The van der Waals surface area contributed by atoms with Gasteiger partial charge in [-0.1, -0.05) is 36.4 Å². The van der Waals surface area contributed by atoms with Crippen LogP contribution >= 0.6 is 0 Å². The second-order valence-corrected chi connectivity index (χ2v) is 5.75. The molecule has 1 amide bonds. The van der Waals surface area contributed by atoms with Gasteiger partial charge in [-0.15, -0.1) is 0 Å². The molecule has 128 valence electrons. The minimum atomic E-state index is -0.262. The van der Waals surface area contributed by atoms with E-state index in [0.29, 0.717) is 16.5 Å².